The van der Waals surface area contributed by atoms with Gasteiger partial charge in [0, 0.05) is 18.3 Å². The first-order valence-electron chi connectivity index (χ1n) is 5.84. The second-order valence-corrected chi connectivity index (χ2v) is 4.09. The van der Waals surface area contributed by atoms with E-state index >= 15 is 0 Å². The molecule has 18 heavy (non-hydrogen) atoms. The van der Waals surface area contributed by atoms with E-state index in [0.717, 1.165) is 19.3 Å². The number of nitro benzene ring substituents is 1. The van der Waals surface area contributed by atoms with Crippen LogP contribution in [0.1, 0.15) is 19.3 Å². The number of hydrazine groups is 1. The molecule has 1 aliphatic carbocycles. The van der Waals surface area contributed by atoms with Crippen molar-refractivity contribution in [2.24, 2.45) is 0 Å². The molecule has 2 rings (SSSR count). The van der Waals surface area contributed by atoms with Crippen molar-refractivity contribution in [1.82, 2.24) is 5.43 Å². The molecule has 1 aromatic carbocycles. The topological polar surface area (TPSA) is 67.2 Å². The van der Waals surface area contributed by atoms with Crippen LogP contribution in [0.5, 0.6) is 0 Å². The number of anilines is 1. The number of allylic oxidation sites excluding steroid dienone is 3. The molecule has 94 valence electrons. The molecule has 0 heterocycles. The van der Waals surface area contributed by atoms with Crippen molar-refractivity contribution in [3.05, 3.63) is 58.3 Å². The van der Waals surface area contributed by atoms with Gasteiger partial charge in [-0.3, -0.25) is 10.1 Å². The van der Waals surface area contributed by atoms with E-state index in [4.69, 9.17) is 0 Å². The van der Waals surface area contributed by atoms with Crippen molar-refractivity contribution in [3.8, 4) is 0 Å². The maximum absolute atomic E-state index is 10.6. The molecule has 0 atom stereocenters. The Morgan fingerprint density at radius 1 is 1.33 bits per heavy atom. The predicted molar refractivity (Wildman–Crippen MR) is 70.9 cm³/mol. The van der Waals surface area contributed by atoms with E-state index in [0.29, 0.717) is 5.69 Å². The van der Waals surface area contributed by atoms with Gasteiger partial charge in [-0.05, 0) is 30.9 Å². The standard InChI is InChI=1S/C13H15N3O2/c17-16(18)13-8-4-7-12(9-13)15-14-10-11-5-2-1-3-6-11/h1-2,4,7-10,14-15H,3,5-6H2/b11-10+. The van der Waals surface area contributed by atoms with Gasteiger partial charge in [0.2, 0.25) is 0 Å². The number of nitrogens with zero attached hydrogens (tertiary/aromatic N) is 1. The summed E-state index contributed by atoms with van der Waals surface area (Å²) in [6, 6.07) is 6.39. The van der Waals surface area contributed by atoms with Crippen molar-refractivity contribution < 1.29 is 4.92 Å². The van der Waals surface area contributed by atoms with Gasteiger partial charge in [-0.1, -0.05) is 18.2 Å². The van der Waals surface area contributed by atoms with Gasteiger partial charge in [0.1, 0.15) is 0 Å². The fourth-order valence-electron chi connectivity index (χ4n) is 1.77. The number of benzene rings is 1. The average molecular weight is 245 g/mol. The molecule has 2 N–H and O–H groups in total. The van der Waals surface area contributed by atoms with Crippen LogP contribution in [0.25, 0.3) is 0 Å². The molecule has 0 saturated heterocycles. The zero-order valence-corrected chi connectivity index (χ0v) is 9.93. The van der Waals surface area contributed by atoms with E-state index < -0.39 is 4.92 Å². The van der Waals surface area contributed by atoms with E-state index in [1.54, 1.807) is 12.1 Å². The number of hydrogen-bond acceptors (Lipinski definition) is 4. The van der Waals surface area contributed by atoms with Gasteiger partial charge in [-0.15, -0.1) is 0 Å². The Labute approximate surface area is 105 Å². The Morgan fingerprint density at radius 3 is 2.94 bits per heavy atom. The van der Waals surface area contributed by atoms with Gasteiger partial charge < -0.3 is 10.9 Å². The second-order valence-electron chi connectivity index (χ2n) is 4.09. The Bertz CT molecular complexity index is 495. The molecule has 0 radical (unpaired) electrons. The fraction of sp³-hybridized carbons (Fsp3) is 0.231. The molecule has 0 spiro atoms. The molecule has 5 heteroatoms. The first-order valence-corrected chi connectivity index (χ1v) is 5.84. The molecule has 0 saturated carbocycles. The van der Waals surface area contributed by atoms with Crippen molar-refractivity contribution in [2.75, 3.05) is 5.43 Å². The number of non-ortho nitro benzene ring substituents is 1. The largest absolute Gasteiger partial charge is 0.308 e. The minimum atomic E-state index is -0.407. The predicted octanol–water partition coefficient (Wildman–Crippen LogP) is 3.14. The summed E-state index contributed by atoms with van der Waals surface area (Å²) in [5.41, 5.74) is 7.97. The van der Waals surface area contributed by atoms with E-state index in [9.17, 15) is 10.1 Å². The van der Waals surface area contributed by atoms with Crippen LogP contribution in [0.2, 0.25) is 0 Å². The summed E-state index contributed by atoms with van der Waals surface area (Å²) in [5.74, 6) is 0. The molecule has 1 aliphatic rings. The minimum absolute atomic E-state index is 0.0788. The van der Waals surface area contributed by atoms with E-state index in [2.05, 4.69) is 23.0 Å². The van der Waals surface area contributed by atoms with Crippen LogP contribution in [0.15, 0.2) is 48.2 Å². The second kappa shape index (κ2) is 5.86. The van der Waals surface area contributed by atoms with Gasteiger partial charge in [0.15, 0.2) is 0 Å². The van der Waals surface area contributed by atoms with Crippen LogP contribution >= 0.6 is 0 Å². The molecule has 1 aromatic rings. The Balaban J connectivity index is 1.92. The monoisotopic (exact) mass is 245 g/mol. The Hall–Kier alpha value is -2.30. The summed E-state index contributed by atoms with van der Waals surface area (Å²) < 4.78 is 0. The van der Waals surface area contributed by atoms with Crippen LogP contribution in [0.3, 0.4) is 0 Å². The van der Waals surface area contributed by atoms with Crippen LogP contribution < -0.4 is 10.9 Å². The molecule has 0 unspecified atom stereocenters. The minimum Gasteiger partial charge on any atom is -0.308 e. The molecule has 0 bridgehead atoms. The van der Waals surface area contributed by atoms with Crippen LogP contribution in [0.4, 0.5) is 11.4 Å². The SMILES string of the molecule is O=[N+]([O-])c1cccc(NN/C=C2\CC=CCC2)c1. The number of hydrogen-bond donors (Lipinski definition) is 2. The zero-order valence-electron chi connectivity index (χ0n) is 9.93. The van der Waals surface area contributed by atoms with Crippen molar-refractivity contribution in [1.29, 1.82) is 0 Å². The third-order valence-corrected chi connectivity index (χ3v) is 2.73. The van der Waals surface area contributed by atoms with Crippen LogP contribution in [-0.2, 0) is 0 Å². The Kier molecular flexibility index (Phi) is 3.96. The summed E-state index contributed by atoms with van der Waals surface area (Å²) in [6.07, 6.45) is 9.33. The van der Waals surface area contributed by atoms with E-state index in [1.807, 2.05) is 6.20 Å². The maximum atomic E-state index is 10.6. The summed E-state index contributed by atoms with van der Waals surface area (Å²) in [5, 5.41) is 10.6. The molecule has 0 amide bonds. The highest BCUT2D eigenvalue weighted by molar-refractivity contribution is 5.50. The van der Waals surface area contributed by atoms with Gasteiger partial charge in [0.05, 0.1) is 10.6 Å². The number of rotatable bonds is 4. The van der Waals surface area contributed by atoms with Gasteiger partial charge in [-0.2, -0.15) is 0 Å². The molecule has 0 aromatic heterocycles. The lowest BCUT2D eigenvalue weighted by Gasteiger charge is -2.10. The highest BCUT2D eigenvalue weighted by atomic mass is 16.6. The average Bonchev–Trinajstić information content (AvgIpc) is 2.40. The molecule has 5 nitrogen and oxygen atoms in total. The third-order valence-electron chi connectivity index (χ3n) is 2.73. The van der Waals surface area contributed by atoms with Crippen molar-refractivity contribution >= 4 is 11.4 Å². The normalized spacial score (nSPS) is 16.6. The highest BCUT2D eigenvalue weighted by Gasteiger charge is 2.04. The maximum Gasteiger partial charge on any atom is 0.271 e. The molecule has 0 aliphatic heterocycles. The summed E-state index contributed by atoms with van der Waals surface area (Å²) in [4.78, 5) is 10.2. The first kappa shape index (κ1) is 12.2. The van der Waals surface area contributed by atoms with Gasteiger partial charge >= 0.3 is 0 Å². The lowest BCUT2D eigenvalue weighted by atomic mass is 10.0. The smallest absolute Gasteiger partial charge is 0.271 e. The lowest BCUT2D eigenvalue weighted by molar-refractivity contribution is -0.384. The Morgan fingerprint density at radius 2 is 2.22 bits per heavy atom. The fourth-order valence-corrected chi connectivity index (χ4v) is 1.77. The third kappa shape index (κ3) is 3.35. The first-order chi connectivity index (χ1) is 8.75. The summed E-state index contributed by atoms with van der Waals surface area (Å²) >= 11 is 0. The van der Waals surface area contributed by atoms with Crippen LogP contribution in [-0.4, -0.2) is 4.92 Å². The lowest BCUT2D eigenvalue weighted by Crippen LogP contribution is -2.15. The summed E-state index contributed by atoms with van der Waals surface area (Å²) in [7, 11) is 0. The molecule has 0 fully saturated rings. The number of nitrogens with one attached hydrogen (secondary N) is 2. The quantitative estimate of drug-likeness (QED) is 0.486. The molecular formula is C13H15N3O2. The van der Waals surface area contributed by atoms with Crippen molar-refractivity contribution in [3.63, 3.8) is 0 Å². The van der Waals surface area contributed by atoms with E-state index in [-0.39, 0.29) is 5.69 Å². The van der Waals surface area contributed by atoms with Crippen molar-refractivity contribution in [2.45, 2.75) is 19.3 Å². The van der Waals surface area contributed by atoms with Gasteiger partial charge in [-0.25, -0.2) is 0 Å². The van der Waals surface area contributed by atoms with Gasteiger partial charge in [0.25, 0.3) is 5.69 Å². The zero-order chi connectivity index (χ0) is 12.8. The highest BCUT2D eigenvalue weighted by Crippen LogP contribution is 2.17. The summed E-state index contributed by atoms with van der Waals surface area (Å²) in [6.45, 7) is 0. The number of nitro groups is 1. The van der Waals surface area contributed by atoms with E-state index in [1.165, 1.54) is 17.7 Å². The van der Waals surface area contributed by atoms with Crippen LogP contribution in [0, 0.1) is 10.1 Å². The molecular weight excluding hydrogens is 230 g/mol.